The van der Waals surface area contributed by atoms with Gasteiger partial charge in [-0.15, -0.1) is 11.3 Å². The Hall–Kier alpha value is -2.65. The van der Waals surface area contributed by atoms with E-state index in [-0.39, 0.29) is 18.0 Å². The summed E-state index contributed by atoms with van der Waals surface area (Å²) in [6, 6.07) is 7.16. The first-order chi connectivity index (χ1) is 13.9. The summed E-state index contributed by atoms with van der Waals surface area (Å²) in [6.45, 7) is 8.07. The number of carbonyl (C=O) groups is 2. The Morgan fingerprint density at radius 1 is 1.24 bits per heavy atom. The zero-order valence-electron chi connectivity index (χ0n) is 16.9. The van der Waals surface area contributed by atoms with Gasteiger partial charge >= 0.3 is 6.03 Å². The molecule has 1 aromatic carbocycles. The molecule has 156 valence electrons. The number of carbonyl (C=O) groups excluding carboxylic acids is 2. The highest BCUT2D eigenvalue weighted by molar-refractivity contribution is 7.15. The van der Waals surface area contributed by atoms with Gasteiger partial charge in [0.2, 0.25) is 5.91 Å². The predicted octanol–water partition coefficient (Wildman–Crippen LogP) is 3.07. The van der Waals surface area contributed by atoms with E-state index < -0.39 is 0 Å². The van der Waals surface area contributed by atoms with Crippen molar-refractivity contribution in [2.24, 2.45) is 0 Å². The highest BCUT2D eigenvalue weighted by atomic mass is 32.1. The zero-order chi connectivity index (χ0) is 20.8. The van der Waals surface area contributed by atoms with E-state index in [1.54, 1.807) is 0 Å². The number of nitrogens with zero attached hydrogens (tertiary/aromatic N) is 2. The number of nitrogens with one attached hydrogen (secondary N) is 3. The summed E-state index contributed by atoms with van der Waals surface area (Å²) in [5.41, 5.74) is 1.75. The number of hydrogen-bond donors (Lipinski definition) is 3. The first-order valence-electron chi connectivity index (χ1n) is 9.74. The van der Waals surface area contributed by atoms with Crippen molar-refractivity contribution in [3.8, 4) is 5.75 Å². The van der Waals surface area contributed by atoms with Crippen LogP contribution in [-0.4, -0.2) is 47.6 Å². The number of hydrogen-bond acceptors (Lipinski definition) is 6. The molecule has 0 saturated carbocycles. The lowest BCUT2D eigenvalue weighted by Crippen LogP contribution is -2.36. The molecule has 9 heteroatoms. The van der Waals surface area contributed by atoms with Crippen molar-refractivity contribution in [1.29, 1.82) is 0 Å². The van der Waals surface area contributed by atoms with Crippen molar-refractivity contribution in [1.82, 2.24) is 15.2 Å². The number of amides is 3. The minimum Gasteiger partial charge on any atom is -0.494 e. The molecule has 8 nitrogen and oxygen atoms in total. The van der Waals surface area contributed by atoms with Crippen LogP contribution in [0.25, 0.3) is 0 Å². The topological polar surface area (TPSA) is 95.6 Å². The summed E-state index contributed by atoms with van der Waals surface area (Å²) in [7, 11) is 0. The van der Waals surface area contributed by atoms with E-state index in [1.807, 2.05) is 45.0 Å². The minimum atomic E-state index is -0.252. The fraction of sp³-hybridized carbons (Fsp3) is 0.450. The van der Waals surface area contributed by atoms with Crippen LogP contribution in [0.1, 0.15) is 31.3 Å². The van der Waals surface area contributed by atoms with E-state index >= 15 is 0 Å². The second-order valence-electron chi connectivity index (χ2n) is 7.11. The van der Waals surface area contributed by atoms with Gasteiger partial charge in [-0.1, -0.05) is 0 Å². The molecule has 0 aliphatic carbocycles. The van der Waals surface area contributed by atoms with Crippen LogP contribution in [0.4, 0.5) is 15.6 Å². The van der Waals surface area contributed by atoms with Crippen LogP contribution >= 0.6 is 11.3 Å². The average molecular weight is 418 g/mol. The molecule has 0 unspecified atom stereocenters. The molecule has 0 fully saturated rings. The molecule has 0 spiro atoms. The van der Waals surface area contributed by atoms with Gasteiger partial charge < -0.3 is 15.4 Å². The van der Waals surface area contributed by atoms with Gasteiger partial charge in [0.15, 0.2) is 5.13 Å². The molecular formula is C20H27N5O3S. The van der Waals surface area contributed by atoms with E-state index in [1.165, 1.54) is 11.3 Å². The zero-order valence-corrected chi connectivity index (χ0v) is 17.8. The maximum atomic E-state index is 12.4. The lowest BCUT2D eigenvalue weighted by Gasteiger charge is -2.25. The van der Waals surface area contributed by atoms with Gasteiger partial charge in [-0.05, 0) is 45.0 Å². The number of anilines is 2. The summed E-state index contributed by atoms with van der Waals surface area (Å²) in [5.74, 6) is 0.725. The van der Waals surface area contributed by atoms with E-state index in [9.17, 15) is 9.59 Å². The van der Waals surface area contributed by atoms with E-state index in [0.29, 0.717) is 24.8 Å². The van der Waals surface area contributed by atoms with Crippen molar-refractivity contribution in [2.75, 3.05) is 30.3 Å². The molecule has 1 aliphatic heterocycles. The highest BCUT2D eigenvalue weighted by Crippen LogP contribution is 2.28. The molecule has 2 heterocycles. The second kappa shape index (κ2) is 9.71. The maximum absolute atomic E-state index is 12.4. The third-order valence-corrected chi connectivity index (χ3v) is 5.26. The first kappa shape index (κ1) is 21.1. The molecule has 0 atom stereocenters. The van der Waals surface area contributed by atoms with Gasteiger partial charge in [0, 0.05) is 36.1 Å². The summed E-state index contributed by atoms with van der Waals surface area (Å²) in [6.07, 6.45) is 0.760. The summed E-state index contributed by atoms with van der Waals surface area (Å²) >= 11 is 1.46. The monoisotopic (exact) mass is 417 g/mol. The summed E-state index contributed by atoms with van der Waals surface area (Å²) in [5, 5.41) is 9.08. The number of ether oxygens (including phenoxy) is 1. The third-order valence-electron chi connectivity index (χ3n) is 4.27. The van der Waals surface area contributed by atoms with Crippen LogP contribution in [0.2, 0.25) is 0 Å². The number of urea groups is 1. The highest BCUT2D eigenvalue weighted by Gasteiger charge is 2.23. The van der Waals surface area contributed by atoms with Gasteiger partial charge in [-0.2, -0.15) is 0 Å². The Balaban J connectivity index is 1.51. The number of benzene rings is 1. The predicted molar refractivity (Wildman–Crippen MR) is 115 cm³/mol. The number of rotatable bonds is 7. The van der Waals surface area contributed by atoms with Crippen LogP contribution in [0, 0.1) is 0 Å². The Morgan fingerprint density at radius 2 is 2.00 bits per heavy atom. The lowest BCUT2D eigenvalue weighted by molar-refractivity contribution is -0.117. The van der Waals surface area contributed by atoms with Gasteiger partial charge in [0.25, 0.3) is 0 Å². The smallest absolute Gasteiger partial charge is 0.321 e. The number of fused-ring (bicyclic) bond motifs is 1. The van der Waals surface area contributed by atoms with Gasteiger partial charge in [-0.25, -0.2) is 9.78 Å². The minimum absolute atomic E-state index is 0.0585. The van der Waals surface area contributed by atoms with Crippen molar-refractivity contribution >= 4 is 34.1 Å². The Kier molecular flexibility index (Phi) is 7.05. The largest absolute Gasteiger partial charge is 0.494 e. The maximum Gasteiger partial charge on any atom is 0.321 e. The van der Waals surface area contributed by atoms with Crippen LogP contribution in [0.15, 0.2) is 24.3 Å². The van der Waals surface area contributed by atoms with Gasteiger partial charge in [-0.3, -0.25) is 15.0 Å². The third kappa shape index (κ3) is 6.16. The standard InChI is InChI=1S/C20H27N5O3S/c1-4-28-15-7-5-14(6-8-15)22-18(26)12-25-10-9-16-17(11-25)29-20(23-16)24-19(27)21-13(2)3/h5-8,13H,4,9-12H2,1-3H3,(H,22,26)(H2,21,23,24,27). The quantitative estimate of drug-likeness (QED) is 0.644. The van der Waals surface area contributed by atoms with E-state index in [4.69, 9.17) is 4.74 Å². The number of thiazole rings is 1. The molecule has 0 saturated heterocycles. The van der Waals surface area contributed by atoms with Crippen molar-refractivity contribution in [3.63, 3.8) is 0 Å². The van der Waals surface area contributed by atoms with Crippen molar-refractivity contribution in [3.05, 3.63) is 34.8 Å². The molecule has 3 N–H and O–H groups in total. The Morgan fingerprint density at radius 3 is 2.69 bits per heavy atom. The lowest BCUT2D eigenvalue weighted by atomic mass is 10.2. The molecule has 3 rings (SSSR count). The Bertz CT molecular complexity index is 850. The van der Waals surface area contributed by atoms with E-state index in [2.05, 4.69) is 25.8 Å². The Labute approximate surface area is 174 Å². The fourth-order valence-electron chi connectivity index (χ4n) is 3.04. The fourth-order valence-corrected chi connectivity index (χ4v) is 4.08. The van der Waals surface area contributed by atoms with Crippen LogP contribution in [0.5, 0.6) is 5.75 Å². The summed E-state index contributed by atoms with van der Waals surface area (Å²) < 4.78 is 5.41. The van der Waals surface area contributed by atoms with Gasteiger partial charge in [0.05, 0.1) is 18.8 Å². The van der Waals surface area contributed by atoms with Crippen molar-refractivity contribution in [2.45, 2.75) is 39.8 Å². The molecule has 29 heavy (non-hydrogen) atoms. The number of aromatic nitrogens is 1. The molecular weight excluding hydrogens is 390 g/mol. The SMILES string of the molecule is CCOc1ccc(NC(=O)CN2CCc3nc(NC(=O)NC(C)C)sc3C2)cc1. The molecule has 1 aliphatic rings. The normalized spacial score (nSPS) is 13.7. The second-order valence-corrected chi connectivity index (χ2v) is 8.19. The summed E-state index contributed by atoms with van der Waals surface area (Å²) in [4.78, 5) is 31.9. The van der Waals surface area contributed by atoms with Crippen molar-refractivity contribution < 1.29 is 14.3 Å². The molecule has 1 aromatic heterocycles. The van der Waals surface area contributed by atoms with Crippen LogP contribution in [-0.2, 0) is 17.8 Å². The molecule has 0 bridgehead atoms. The van der Waals surface area contributed by atoms with E-state index in [0.717, 1.165) is 35.0 Å². The van der Waals surface area contributed by atoms with Gasteiger partial charge in [0.1, 0.15) is 5.75 Å². The van der Waals surface area contributed by atoms with Crippen LogP contribution < -0.4 is 20.7 Å². The average Bonchev–Trinajstić information content (AvgIpc) is 3.04. The first-order valence-corrected chi connectivity index (χ1v) is 10.6. The molecule has 0 radical (unpaired) electrons. The molecule has 2 aromatic rings. The van der Waals surface area contributed by atoms with Crippen LogP contribution in [0.3, 0.4) is 0 Å². The molecule has 3 amide bonds.